The van der Waals surface area contributed by atoms with Crippen molar-refractivity contribution in [3.63, 3.8) is 0 Å². The summed E-state index contributed by atoms with van der Waals surface area (Å²) in [6.45, 7) is 3.17. The quantitative estimate of drug-likeness (QED) is 0.483. The standard InChI is InChI=1S/C14H27O/c1-2-3-4-5-6-7-8-9-10-11-14-12-13-15-14/h2,14H,3-13H2,1H3. The van der Waals surface area contributed by atoms with Crippen molar-refractivity contribution in [1.29, 1.82) is 0 Å². The van der Waals surface area contributed by atoms with Crippen molar-refractivity contribution in [1.82, 2.24) is 0 Å². The molecule has 89 valence electrons. The Hall–Kier alpha value is -0.0400. The van der Waals surface area contributed by atoms with Crippen LogP contribution in [0.4, 0.5) is 0 Å². The Labute approximate surface area is 95.6 Å². The Morgan fingerprint density at radius 2 is 1.60 bits per heavy atom. The Balaban J connectivity index is 1.66. The Kier molecular flexibility index (Phi) is 7.99. The minimum Gasteiger partial charge on any atom is -0.378 e. The molecule has 1 aliphatic rings. The lowest BCUT2D eigenvalue weighted by Crippen LogP contribution is -2.26. The molecule has 1 nitrogen and oxygen atoms in total. The van der Waals surface area contributed by atoms with Gasteiger partial charge in [-0.2, -0.15) is 0 Å². The molecule has 0 saturated carbocycles. The number of rotatable bonds is 10. The predicted molar refractivity (Wildman–Crippen MR) is 65.9 cm³/mol. The van der Waals surface area contributed by atoms with Gasteiger partial charge in [-0.1, -0.05) is 58.3 Å². The third-order valence-corrected chi connectivity index (χ3v) is 3.31. The van der Waals surface area contributed by atoms with E-state index in [4.69, 9.17) is 4.74 Å². The first-order valence-electron chi connectivity index (χ1n) is 6.83. The summed E-state index contributed by atoms with van der Waals surface area (Å²) < 4.78 is 5.40. The molecule has 1 fully saturated rings. The lowest BCUT2D eigenvalue weighted by molar-refractivity contribution is -0.0555. The van der Waals surface area contributed by atoms with E-state index in [1.807, 2.05) is 0 Å². The molecule has 0 aliphatic carbocycles. The molecular formula is C14H27O. The van der Waals surface area contributed by atoms with Crippen LogP contribution >= 0.6 is 0 Å². The second kappa shape index (κ2) is 9.21. The Bertz CT molecular complexity index is 129. The van der Waals surface area contributed by atoms with Gasteiger partial charge >= 0.3 is 0 Å². The monoisotopic (exact) mass is 211 g/mol. The molecular weight excluding hydrogens is 184 g/mol. The molecule has 1 rings (SSSR count). The van der Waals surface area contributed by atoms with Crippen molar-refractivity contribution in [3.8, 4) is 0 Å². The number of hydrogen-bond acceptors (Lipinski definition) is 1. The molecule has 1 heteroatoms. The van der Waals surface area contributed by atoms with Crippen molar-refractivity contribution in [2.24, 2.45) is 0 Å². The topological polar surface area (TPSA) is 9.23 Å². The number of ether oxygens (including phenoxy) is 1. The molecule has 15 heavy (non-hydrogen) atoms. The van der Waals surface area contributed by atoms with E-state index in [-0.39, 0.29) is 0 Å². The van der Waals surface area contributed by atoms with Gasteiger partial charge in [-0.05, 0) is 19.3 Å². The lowest BCUT2D eigenvalue weighted by Gasteiger charge is -2.26. The maximum absolute atomic E-state index is 5.40. The highest BCUT2D eigenvalue weighted by Gasteiger charge is 2.16. The van der Waals surface area contributed by atoms with Crippen LogP contribution in [0.5, 0.6) is 0 Å². The van der Waals surface area contributed by atoms with Crippen molar-refractivity contribution in [2.75, 3.05) is 6.61 Å². The van der Waals surface area contributed by atoms with Gasteiger partial charge in [0.15, 0.2) is 0 Å². The lowest BCUT2D eigenvalue weighted by atomic mass is 10.0. The Morgan fingerprint density at radius 3 is 2.13 bits per heavy atom. The summed E-state index contributed by atoms with van der Waals surface area (Å²) in [5.41, 5.74) is 0. The van der Waals surface area contributed by atoms with E-state index in [1.165, 1.54) is 64.2 Å². The third kappa shape index (κ3) is 6.94. The first kappa shape index (κ1) is 13.0. The molecule has 1 aliphatic heterocycles. The highest BCUT2D eigenvalue weighted by atomic mass is 16.5. The first-order chi connectivity index (χ1) is 7.43. The molecule has 1 atom stereocenters. The van der Waals surface area contributed by atoms with Gasteiger partial charge in [0.05, 0.1) is 6.10 Å². The molecule has 0 N–H and O–H groups in total. The van der Waals surface area contributed by atoms with Gasteiger partial charge in [0, 0.05) is 6.61 Å². The van der Waals surface area contributed by atoms with Crippen LogP contribution in [-0.4, -0.2) is 12.7 Å². The summed E-state index contributed by atoms with van der Waals surface area (Å²) in [5, 5.41) is 0. The van der Waals surface area contributed by atoms with Crippen molar-refractivity contribution in [3.05, 3.63) is 6.42 Å². The van der Waals surface area contributed by atoms with Crippen molar-refractivity contribution >= 4 is 0 Å². The molecule has 1 saturated heterocycles. The minimum atomic E-state index is 0.630. The molecule has 1 heterocycles. The molecule has 1 unspecified atom stereocenters. The first-order valence-corrected chi connectivity index (χ1v) is 6.83. The maximum atomic E-state index is 5.40. The van der Waals surface area contributed by atoms with Gasteiger partial charge in [0.25, 0.3) is 0 Å². The molecule has 0 spiro atoms. The number of hydrogen-bond donors (Lipinski definition) is 0. The summed E-state index contributed by atoms with van der Waals surface area (Å²) in [7, 11) is 0. The highest BCUT2D eigenvalue weighted by Crippen LogP contribution is 2.18. The maximum Gasteiger partial charge on any atom is 0.0597 e. The molecule has 0 aromatic rings. The van der Waals surface area contributed by atoms with E-state index >= 15 is 0 Å². The van der Waals surface area contributed by atoms with Crippen molar-refractivity contribution in [2.45, 2.75) is 77.2 Å². The van der Waals surface area contributed by atoms with Crippen LogP contribution in [0.3, 0.4) is 0 Å². The van der Waals surface area contributed by atoms with Crippen LogP contribution < -0.4 is 0 Å². The van der Waals surface area contributed by atoms with E-state index < -0.39 is 0 Å². The summed E-state index contributed by atoms with van der Waals surface area (Å²) in [6.07, 6.45) is 16.8. The fourth-order valence-electron chi connectivity index (χ4n) is 2.12. The third-order valence-electron chi connectivity index (χ3n) is 3.31. The summed E-state index contributed by atoms with van der Waals surface area (Å²) in [5.74, 6) is 0. The summed E-state index contributed by atoms with van der Waals surface area (Å²) in [4.78, 5) is 0. The van der Waals surface area contributed by atoms with Crippen LogP contribution in [-0.2, 0) is 4.74 Å². The zero-order valence-corrected chi connectivity index (χ0v) is 10.3. The molecule has 0 aromatic heterocycles. The molecule has 0 bridgehead atoms. The van der Waals surface area contributed by atoms with Gasteiger partial charge in [0.1, 0.15) is 0 Å². The summed E-state index contributed by atoms with van der Waals surface area (Å²) >= 11 is 0. The summed E-state index contributed by atoms with van der Waals surface area (Å²) in [6, 6.07) is 0. The van der Waals surface area contributed by atoms with Crippen molar-refractivity contribution < 1.29 is 4.74 Å². The average molecular weight is 211 g/mol. The van der Waals surface area contributed by atoms with Crippen LogP contribution in [0, 0.1) is 6.42 Å². The van der Waals surface area contributed by atoms with E-state index in [9.17, 15) is 0 Å². The van der Waals surface area contributed by atoms with Gasteiger partial charge in [-0.15, -0.1) is 0 Å². The van der Waals surface area contributed by atoms with E-state index in [2.05, 4.69) is 13.3 Å². The van der Waals surface area contributed by atoms with E-state index in [0.717, 1.165) is 6.61 Å². The number of unbranched alkanes of at least 4 members (excludes halogenated alkanes) is 8. The molecule has 1 radical (unpaired) electrons. The van der Waals surface area contributed by atoms with Crippen LogP contribution in [0.1, 0.15) is 71.1 Å². The second-order valence-corrected chi connectivity index (χ2v) is 4.74. The van der Waals surface area contributed by atoms with Gasteiger partial charge in [-0.25, -0.2) is 0 Å². The molecule has 0 amide bonds. The Morgan fingerprint density at radius 1 is 1.00 bits per heavy atom. The normalized spacial score (nSPS) is 20.2. The fourth-order valence-corrected chi connectivity index (χ4v) is 2.12. The van der Waals surface area contributed by atoms with Crippen LogP contribution in [0.25, 0.3) is 0 Å². The highest BCUT2D eigenvalue weighted by molar-refractivity contribution is 4.65. The fraction of sp³-hybridized carbons (Fsp3) is 0.929. The SMILES string of the molecule is C[CH]CCCCCCCCCC1CCO1. The van der Waals surface area contributed by atoms with Gasteiger partial charge < -0.3 is 4.74 Å². The smallest absolute Gasteiger partial charge is 0.0597 e. The van der Waals surface area contributed by atoms with E-state index in [0.29, 0.717) is 6.10 Å². The van der Waals surface area contributed by atoms with Gasteiger partial charge in [-0.3, -0.25) is 0 Å². The molecule has 0 aromatic carbocycles. The zero-order chi connectivity index (χ0) is 10.8. The largest absolute Gasteiger partial charge is 0.378 e. The van der Waals surface area contributed by atoms with Crippen LogP contribution in [0.15, 0.2) is 0 Å². The van der Waals surface area contributed by atoms with Gasteiger partial charge in [0.2, 0.25) is 0 Å². The second-order valence-electron chi connectivity index (χ2n) is 4.74. The van der Waals surface area contributed by atoms with E-state index in [1.54, 1.807) is 0 Å². The predicted octanol–water partition coefficient (Wildman–Crippen LogP) is 4.51. The average Bonchev–Trinajstić information content (AvgIpc) is 2.18. The zero-order valence-electron chi connectivity index (χ0n) is 10.3. The minimum absolute atomic E-state index is 0.630. The van der Waals surface area contributed by atoms with Crippen LogP contribution in [0.2, 0.25) is 0 Å².